The van der Waals surface area contributed by atoms with Crippen molar-refractivity contribution in [1.82, 2.24) is 30.1 Å². The number of nitrogens with one attached hydrogen (secondary N) is 1. The zero-order chi connectivity index (χ0) is 23.5. The van der Waals surface area contributed by atoms with Crippen LogP contribution in [0.4, 0.5) is 4.39 Å². The van der Waals surface area contributed by atoms with Crippen LogP contribution in [0.25, 0.3) is 10.9 Å². The highest BCUT2D eigenvalue weighted by Gasteiger charge is 2.30. The van der Waals surface area contributed by atoms with Gasteiger partial charge in [-0.05, 0) is 89.6 Å². The van der Waals surface area contributed by atoms with Gasteiger partial charge in [0, 0.05) is 11.1 Å². The average Bonchev–Trinajstić information content (AvgIpc) is 3.12. The molecule has 0 bridgehead atoms. The number of pyridine rings is 1. The lowest BCUT2D eigenvalue weighted by Gasteiger charge is -2.29. The highest BCUT2D eigenvalue weighted by molar-refractivity contribution is 5.80. The summed E-state index contributed by atoms with van der Waals surface area (Å²) in [6.07, 6.45) is 5.42. The normalized spacial score (nSPS) is 15.9. The molecule has 4 aromatic rings. The van der Waals surface area contributed by atoms with E-state index in [0.29, 0.717) is 17.9 Å². The molecule has 176 valence electrons. The zero-order valence-electron chi connectivity index (χ0n) is 19.4. The lowest BCUT2D eigenvalue weighted by molar-refractivity contribution is 0.220. The standard InChI is InChI=1S/C26H29FN6O/c1-2-18-9-12-23-20(15-18)16-22(26(34)28-23)24(32-13-5-3-4-6-14-32)25-29-30-31-33(25)17-19-7-10-21(27)11-8-19/h7-12,15-16,24H,2-6,13-14,17H2,1H3,(H,28,34)/t24-/m1/s1. The smallest absolute Gasteiger partial charge is 0.253 e. The number of hydrogen-bond donors (Lipinski definition) is 1. The summed E-state index contributed by atoms with van der Waals surface area (Å²) >= 11 is 0. The van der Waals surface area contributed by atoms with Crippen LogP contribution in [0, 0.1) is 5.82 Å². The number of nitrogens with zero attached hydrogens (tertiary/aromatic N) is 5. The number of likely N-dealkylation sites (tertiary alicyclic amines) is 1. The summed E-state index contributed by atoms with van der Waals surface area (Å²) in [7, 11) is 0. The van der Waals surface area contributed by atoms with E-state index in [1.54, 1.807) is 16.8 Å². The van der Waals surface area contributed by atoms with Gasteiger partial charge in [0.15, 0.2) is 5.82 Å². The first-order chi connectivity index (χ1) is 16.6. The Kier molecular flexibility index (Phi) is 6.49. The van der Waals surface area contributed by atoms with Crippen LogP contribution in [-0.4, -0.2) is 43.2 Å². The first-order valence-electron chi connectivity index (χ1n) is 12.0. The summed E-state index contributed by atoms with van der Waals surface area (Å²) < 4.78 is 15.1. The van der Waals surface area contributed by atoms with Gasteiger partial charge in [0.2, 0.25) is 0 Å². The van der Waals surface area contributed by atoms with Gasteiger partial charge >= 0.3 is 0 Å². The minimum atomic E-state index is -0.369. The number of halogens is 1. The number of aromatic nitrogens is 5. The van der Waals surface area contributed by atoms with E-state index in [2.05, 4.69) is 38.4 Å². The third kappa shape index (κ3) is 4.63. The van der Waals surface area contributed by atoms with Crippen molar-refractivity contribution in [1.29, 1.82) is 0 Å². The Morgan fingerprint density at radius 1 is 1.00 bits per heavy atom. The predicted molar refractivity (Wildman–Crippen MR) is 129 cm³/mol. The number of H-pyrrole nitrogens is 1. The van der Waals surface area contributed by atoms with E-state index in [9.17, 15) is 9.18 Å². The summed E-state index contributed by atoms with van der Waals surface area (Å²) in [5, 5.41) is 13.6. The van der Waals surface area contributed by atoms with Crippen LogP contribution < -0.4 is 5.56 Å². The molecule has 1 atom stereocenters. The fourth-order valence-corrected chi connectivity index (χ4v) is 4.83. The first kappa shape index (κ1) is 22.4. The zero-order valence-corrected chi connectivity index (χ0v) is 19.4. The third-order valence-corrected chi connectivity index (χ3v) is 6.70. The molecule has 0 saturated carbocycles. The Morgan fingerprint density at radius 2 is 1.74 bits per heavy atom. The molecule has 8 heteroatoms. The first-order valence-corrected chi connectivity index (χ1v) is 12.0. The summed E-state index contributed by atoms with van der Waals surface area (Å²) in [4.78, 5) is 18.8. The van der Waals surface area contributed by atoms with E-state index < -0.39 is 0 Å². The largest absolute Gasteiger partial charge is 0.322 e. The van der Waals surface area contributed by atoms with Crippen molar-refractivity contribution in [3.63, 3.8) is 0 Å². The summed E-state index contributed by atoms with van der Waals surface area (Å²) in [5.74, 6) is 0.347. The number of fused-ring (bicyclic) bond motifs is 1. The number of aromatic amines is 1. The number of tetrazole rings is 1. The molecule has 1 aliphatic heterocycles. The molecule has 0 amide bonds. The van der Waals surface area contributed by atoms with Crippen molar-refractivity contribution >= 4 is 10.9 Å². The van der Waals surface area contributed by atoms with E-state index >= 15 is 0 Å². The minimum absolute atomic E-state index is 0.123. The Bertz CT molecular complexity index is 1320. The minimum Gasteiger partial charge on any atom is -0.322 e. The number of aryl methyl sites for hydroxylation is 1. The molecule has 3 heterocycles. The van der Waals surface area contributed by atoms with E-state index in [4.69, 9.17) is 0 Å². The van der Waals surface area contributed by atoms with E-state index in [0.717, 1.165) is 48.8 Å². The van der Waals surface area contributed by atoms with Gasteiger partial charge in [0.1, 0.15) is 11.9 Å². The van der Waals surface area contributed by atoms with Crippen LogP contribution >= 0.6 is 0 Å². The molecule has 0 aliphatic carbocycles. The van der Waals surface area contributed by atoms with Gasteiger partial charge in [-0.1, -0.05) is 38.0 Å². The monoisotopic (exact) mass is 460 g/mol. The molecule has 0 radical (unpaired) electrons. The molecule has 2 aromatic heterocycles. The Morgan fingerprint density at radius 3 is 2.47 bits per heavy atom. The van der Waals surface area contributed by atoms with E-state index in [1.807, 2.05) is 18.2 Å². The number of rotatable bonds is 6. The van der Waals surface area contributed by atoms with Crippen LogP contribution in [-0.2, 0) is 13.0 Å². The fraction of sp³-hybridized carbons (Fsp3) is 0.385. The van der Waals surface area contributed by atoms with Gasteiger partial charge < -0.3 is 4.98 Å². The third-order valence-electron chi connectivity index (χ3n) is 6.70. The molecule has 7 nitrogen and oxygen atoms in total. The SMILES string of the molecule is CCc1ccc2[nH]c(=O)c([C@H](c3nnnn3Cc3ccc(F)cc3)N3CCCCCC3)cc2c1. The molecular formula is C26H29FN6O. The molecule has 1 N–H and O–H groups in total. The molecule has 2 aromatic carbocycles. The molecule has 1 saturated heterocycles. The fourth-order valence-electron chi connectivity index (χ4n) is 4.83. The molecule has 34 heavy (non-hydrogen) atoms. The van der Waals surface area contributed by atoms with Gasteiger partial charge in [-0.2, -0.15) is 0 Å². The second kappa shape index (κ2) is 9.85. The lowest BCUT2D eigenvalue weighted by Crippen LogP contribution is -2.36. The van der Waals surface area contributed by atoms with Gasteiger partial charge in [0.05, 0.1) is 6.54 Å². The van der Waals surface area contributed by atoms with Crippen molar-refractivity contribution in [3.8, 4) is 0 Å². The van der Waals surface area contributed by atoms with Crippen molar-refractivity contribution in [2.75, 3.05) is 13.1 Å². The second-order valence-electron chi connectivity index (χ2n) is 9.00. The van der Waals surface area contributed by atoms with Crippen molar-refractivity contribution in [3.05, 3.63) is 87.2 Å². The van der Waals surface area contributed by atoms with E-state index in [1.165, 1.54) is 30.5 Å². The summed E-state index contributed by atoms with van der Waals surface area (Å²) in [6, 6.07) is 14.1. The van der Waals surface area contributed by atoms with Gasteiger partial charge in [-0.15, -0.1) is 5.10 Å². The number of benzene rings is 2. The highest BCUT2D eigenvalue weighted by Crippen LogP contribution is 2.29. The number of hydrogen-bond acceptors (Lipinski definition) is 5. The lowest BCUT2D eigenvalue weighted by atomic mass is 10.0. The van der Waals surface area contributed by atoms with Crippen molar-refractivity contribution < 1.29 is 4.39 Å². The quantitative estimate of drug-likeness (QED) is 0.466. The molecule has 1 aliphatic rings. The molecule has 5 rings (SSSR count). The van der Waals surface area contributed by atoms with Crippen LogP contribution in [0.15, 0.2) is 53.3 Å². The Hall–Kier alpha value is -3.39. The average molecular weight is 461 g/mol. The summed E-state index contributed by atoms with van der Waals surface area (Å²) in [5.41, 5.74) is 3.47. The molecule has 1 fully saturated rings. The van der Waals surface area contributed by atoms with Crippen molar-refractivity contribution in [2.24, 2.45) is 0 Å². The Balaban J connectivity index is 1.61. The van der Waals surface area contributed by atoms with Crippen LogP contribution in [0.1, 0.15) is 61.2 Å². The van der Waals surface area contributed by atoms with Gasteiger partial charge in [-0.3, -0.25) is 9.69 Å². The van der Waals surface area contributed by atoms with E-state index in [-0.39, 0.29) is 17.4 Å². The second-order valence-corrected chi connectivity index (χ2v) is 9.00. The highest BCUT2D eigenvalue weighted by atomic mass is 19.1. The van der Waals surface area contributed by atoms with Crippen LogP contribution in [0.5, 0.6) is 0 Å². The molecule has 0 spiro atoms. The molecule has 0 unspecified atom stereocenters. The predicted octanol–water partition coefficient (Wildman–Crippen LogP) is 4.23. The Labute approximate surface area is 197 Å². The van der Waals surface area contributed by atoms with Crippen LogP contribution in [0.2, 0.25) is 0 Å². The maximum Gasteiger partial charge on any atom is 0.253 e. The van der Waals surface area contributed by atoms with Gasteiger partial charge in [0.25, 0.3) is 5.56 Å². The maximum absolute atomic E-state index is 13.4. The van der Waals surface area contributed by atoms with Gasteiger partial charge in [-0.25, -0.2) is 9.07 Å². The maximum atomic E-state index is 13.4. The van der Waals surface area contributed by atoms with Crippen LogP contribution in [0.3, 0.4) is 0 Å². The summed E-state index contributed by atoms with van der Waals surface area (Å²) in [6.45, 7) is 4.27. The topological polar surface area (TPSA) is 79.7 Å². The molecular weight excluding hydrogens is 431 g/mol. The van der Waals surface area contributed by atoms with Crippen molar-refractivity contribution in [2.45, 2.75) is 51.6 Å².